The van der Waals surface area contributed by atoms with Crippen LogP contribution < -0.4 is 0 Å². The summed E-state index contributed by atoms with van der Waals surface area (Å²) in [5, 5.41) is 10.1. The maximum atomic E-state index is 10.1. The second kappa shape index (κ2) is 6.80. The molecule has 1 aliphatic carbocycles. The Morgan fingerprint density at radius 1 is 1.13 bits per heavy atom. The molecule has 0 spiro atoms. The van der Waals surface area contributed by atoms with Gasteiger partial charge in [-0.2, -0.15) is 11.8 Å². The van der Waals surface area contributed by atoms with E-state index in [0.29, 0.717) is 5.92 Å². The fourth-order valence-corrected chi connectivity index (χ4v) is 3.35. The Morgan fingerprint density at radius 2 is 1.73 bits per heavy atom. The molecule has 15 heavy (non-hydrogen) atoms. The van der Waals surface area contributed by atoms with Crippen molar-refractivity contribution < 1.29 is 5.11 Å². The molecule has 1 unspecified atom stereocenters. The summed E-state index contributed by atoms with van der Waals surface area (Å²) < 4.78 is 0. The van der Waals surface area contributed by atoms with Gasteiger partial charge in [0.15, 0.2) is 0 Å². The van der Waals surface area contributed by atoms with Gasteiger partial charge >= 0.3 is 0 Å². The predicted molar refractivity (Wildman–Crippen MR) is 69.3 cm³/mol. The first-order valence-electron chi connectivity index (χ1n) is 6.35. The van der Waals surface area contributed by atoms with Gasteiger partial charge in [-0.15, -0.1) is 0 Å². The Morgan fingerprint density at radius 3 is 2.27 bits per heavy atom. The zero-order valence-corrected chi connectivity index (χ0v) is 11.2. The molecule has 0 aromatic carbocycles. The lowest BCUT2D eigenvalue weighted by molar-refractivity contribution is 0.0946. The van der Waals surface area contributed by atoms with Crippen LogP contribution in [0.1, 0.15) is 46.5 Å². The van der Waals surface area contributed by atoms with Crippen LogP contribution in [-0.2, 0) is 0 Å². The Labute approximate surface area is 99.0 Å². The maximum absolute atomic E-state index is 10.1. The molecule has 1 fully saturated rings. The molecule has 2 heteroatoms. The quantitative estimate of drug-likeness (QED) is 0.779. The molecule has 90 valence electrons. The van der Waals surface area contributed by atoms with E-state index in [1.807, 2.05) is 11.8 Å². The van der Waals surface area contributed by atoms with Crippen molar-refractivity contribution in [3.05, 3.63) is 0 Å². The fraction of sp³-hybridized carbons (Fsp3) is 1.00. The average Bonchev–Trinajstić information content (AvgIpc) is 2.18. The summed E-state index contributed by atoms with van der Waals surface area (Å²) in [4.78, 5) is 0. The zero-order valence-electron chi connectivity index (χ0n) is 10.4. The van der Waals surface area contributed by atoms with E-state index in [-0.39, 0.29) is 6.10 Å². The van der Waals surface area contributed by atoms with E-state index in [1.54, 1.807) is 0 Å². The lowest BCUT2D eigenvalue weighted by Gasteiger charge is -2.29. The first kappa shape index (κ1) is 13.4. The zero-order chi connectivity index (χ0) is 11.3. The molecular weight excluding hydrogens is 204 g/mol. The summed E-state index contributed by atoms with van der Waals surface area (Å²) >= 11 is 1.91. The molecule has 0 saturated heterocycles. The molecule has 1 rings (SSSR count). The topological polar surface area (TPSA) is 20.2 Å². The van der Waals surface area contributed by atoms with Crippen molar-refractivity contribution in [2.24, 2.45) is 17.8 Å². The van der Waals surface area contributed by atoms with Crippen LogP contribution in [0.2, 0.25) is 0 Å². The molecule has 0 heterocycles. The van der Waals surface area contributed by atoms with E-state index >= 15 is 0 Å². The van der Waals surface area contributed by atoms with Gasteiger partial charge in [-0.1, -0.05) is 33.6 Å². The average molecular weight is 230 g/mol. The number of thioether (sulfide) groups is 1. The van der Waals surface area contributed by atoms with Crippen molar-refractivity contribution in [1.29, 1.82) is 0 Å². The summed E-state index contributed by atoms with van der Waals surface area (Å²) in [5.74, 6) is 4.34. The van der Waals surface area contributed by atoms with Gasteiger partial charge in [-0.25, -0.2) is 0 Å². The third kappa shape index (κ3) is 5.26. The fourth-order valence-electron chi connectivity index (χ4n) is 2.23. The molecule has 0 bridgehead atoms. The van der Waals surface area contributed by atoms with Crippen molar-refractivity contribution in [2.75, 3.05) is 11.5 Å². The smallest absolute Gasteiger partial charge is 0.0658 e. The lowest BCUT2D eigenvalue weighted by atomic mass is 9.81. The normalized spacial score (nSPS) is 29.4. The van der Waals surface area contributed by atoms with Crippen LogP contribution in [0.15, 0.2) is 0 Å². The van der Waals surface area contributed by atoms with Crippen LogP contribution in [0.4, 0.5) is 0 Å². The van der Waals surface area contributed by atoms with Crippen molar-refractivity contribution in [3.8, 4) is 0 Å². The second-order valence-corrected chi connectivity index (χ2v) is 6.59. The molecular formula is C13H26OS. The Balaban J connectivity index is 2.13. The van der Waals surface area contributed by atoms with E-state index in [9.17, 15) is 5.11 Å². The molecule has 0 amide bonds. The van der Waals surface area contributed by atoms with Crippen molar-refractivity contribution in [2.45, 2.75) is 52.6 Å². The van der Waals surface area contributed by atoms with Gasteiger partial charge in [0, 0.05) is 5.75 Å². The number of rotatable bonds is 5. The highest BCUT2D eigenvalue weighted by Gasteiger charge is 2.24. The van der Waals surface area contributed by atoms with Gasteiger partial charge in [0.2, 0.25) is 0 Å². The Kier molecular flexibility index (Phi) is 6.06. The number of hydrogen-bond donors (Lipinski definition) is 1. The van der Waals surface area contributed by atoms with Gasteiger partial charge < -0.3 is 5.11 Å². The van der Waals surface area contributed by atoms with Gasteiger partial charge in [0.1, 0.15) is 0 Å². The lowest BCUT2D eigenvalue weighted by Crippen LogP contribution is -2.27. The highest BCUT2D eigenvalue weighted by molar-refractivity contribution is 7.99. The number of aliphatic hydroxyl groups excluding tert-OH is 1. The highest BCUT2D eigenvalue weighted by Crippen LogP contribution is 2.31. The number of hydrogen-bond acceptors (Lipinski definition) is 2. The molecule has 1 N–H and O–H groups in total. The maximum Gasteiger partial charge on any atom is 0.0658 e. The van der Waals surface area contributed by atoms with Gasteiger partial charge in [0.05, 0.1) is 6.10 Å². The molecule has 1 atom stereocenters. The van der Waals surface area contributed by atoms with Crippen molar-refractivity contribution >= 4 is 11.8 Å². The largest absolute Gasteiger partial charge is 0.392 e. The predicted octanol–water partition coefficient (Wildman–Crippen LogP) is 3.56. The first-order chi connectivity index (χ1) is 7.09. The molecule has 1 aliphatic rings. The first-order valence-corrected chi connectivity index (χ1v) is 7.51. The molecule has 0 aromatic rings. The van der Waals surface area contributed by atoms with Crippen molar-refractivity contribution in [3.63, 3.8) is 0 Å². The number of aliphatic hydroxyl groups is 1. The van der Waals surface area contributed by atoms with E-state index in [0.717, 1.165) is 17.6 Å². The minimum absolute atomic E-state index is 0.0544. The van der Waals surface area contributed by atoms with Gasteiger partial charge in [-0.3, -0.25) is 0 Å². The summed E-state index contributed by atoms with van der Waals surface area (Å²) in [6.45, 7) is 6.81. The van der Waals surface area contributed by atoms with Crippen LogP contribution in [0.5, 0.6) is 0 Å². The van der Waals surface area contributed by atoms with E-state index in [2.05, 4.69) is 20.8 Å². The summed E-state index contributed by atoms with van der Waals surface area (Å²) in [6, 6.07) is 0. The van der Waals surface area contributed by atoms with Gasteiger partial charge in [0.25, 0.3) is 0 Å². The van der Waals surface area contributed by atoms with E-state index in [1.165, 1.54) is 31.4 Å². The Hall–Kier alpha value is 0.310. The standard InChI is InChI=1S/C13H26OS/c1-10(2)8-15-9-13(14)12-6-4-11(3)5-7-12/h10-14H,4-9H2,1-3H3. The molecule has 0 aromatic heterocycles. The monoisotopic (exact) mass is 230 g/mol. The minimum atomic E-state index is -0.0544. The SMILES string of the molecule is CC(C)CSCC(O)C1CCC(C)CC1. The molecule has 1 nitrogen and oxygen atoms in total. The van der Waals surface area contributed by atoms with Crippen LogP contribution in [0.25, 0.3) is 0 Å². The highest BCUT2D eigenvalue weighted by atomic mass is 32.2. The molecule has 1 saturated carbocycles. The molecule has 0 aliphatic heterocycles. The third-order valence-corrected chi connectivity index (χ3v) is 4.82. The van der Waals surface area contributed by atoms with Crippen LogP contribution in [-0.4, -0.2) is 22.7 Å². The summed E-state index contributed by atoms with van der Waals surface area (Å²) in [7, 11) is 0. The molecule has 0 radical (unpaired) electrons. The minimum Gasteiger partial charge on any atom is -0.392 e. The van der Waals surface area contributed by atoms with E-state index < -0.39 is 0 Å². The Bertz CT molecular complexity index is 162. The second-order valence-electron chi connectivity index (χ2n) is 5.52. The summed E-state index contributed by atoms with van der Waals surface area (Å²) in [5.41, 5.74) is 0. The third-order valence-electron chi connectivity index (χ3n) is 3.34. The van der Waals surface area contributed by atoms with E-state index in [4.69, 9.17) is 0 Å². The summed E-state index contributed by atoms with van der Waals surface area (Å²) in [6.07, 6.45) is 5.06. The van der Waals surface area contributed by atoms with Crippen LogP contribution in [0, 0.1) is 17.8 Å². The van der Waals surface area contributed by atoms with Crippen LogP contribution >= 0.6 is 11.8 Å². The van der Waals surface area contributed by atoms with Crippen molar-refractivity contribution in [1.82, 2.24) is 0 Å². The van der Waals surface area contributed by atoms with Crippen LogP contribution in [0.3, 0.4) is 0 Å². The van der Waals surface area contributed by atoms with Gasteiger partial charge in [-0.05, 0) is 36.3 Å².